The predicted molar refractivity (Wildman–Crippen MR) is 107 cm³/mol. The van der Waals surface area contributed by atoms with Crippen LogP contribution in [-0.2, 0) is 0 Å². The van der Waals surface area contributed by atoms with Crippen molar-refractivity contribution >= 4 is 45.6 Å². The third-order valence-electron chi connectivity index (χ3n) is 3.72. The Morgan fingerprint density at radius 1 is 1.11 bits per heavy atom. The number of ketones is 1. The molecule has 3 aromatic rings. The van der Waals surface area contributed by atoms with E-state index in [0.717, 1.165) is 16.9 Å². The summed E-state index contributed by atoms with van der Waals surface area (Å²) in [6, 6.07) is 11.7. The number of rotatable bonds is 5. The van der Waals surface area contributed by atoms with Crippen LogP contribution in [0.2, 0.25) is 4.34 Å². The first-order chi connectivity index (χ1) is 13.0. The summed E-state index contributed by atoms with van der Waals surface area (Å²) in [5, 5.41) is 5.65. The number of carbonyl (C=O) groups excluding carboxylic acids is 2. The highest BCUT2D eigenvalue weighted by molar-refractivity contribution is 7.19. The number of methoxy groups -OCH3 is 1. The smallest absolute Gasteiger partial charge is 0.325 e. The average Bonchev–Trinajstić information content (AvgIpc) is 3.07. The van der Waals surface area contributed by atoms with Gasteiger partial charge in [0.2, 0.25) is 0 Å². The summed E-state index contributed by atoms with van der Waals surface area (Å²) in [7, 11) is 1.51. The lowest BCUT2D eigenvalue weighted by molar-refractivity contribution is 0.103. The first-order valence-electron chi connectivity index (χ1n) is 7.95. The number of carbonyl (C=O) groups is 2. The van der Waals surface area contributed by atoms with Crippen molar-refractivity contribution in [2.45, 2.75) is 6.92 Å². The van der Waals surface area contributed by atoms with E-state index in [-0.39, 0.29) is 5.78 Å². The van der Waals surface area contributed by atoms with Crippen LogP contribution in [0.15, 0.2) is 48.7 Å². The maximum absolute atomic E-state index is 13.1. The minimum absolute atomic E-state index is 0.247. The molecule has 0 radical (unpaired) electrons. The molecule has 0 saturated heterocycles. The van der Waals surface area contributed by atoms with Crippen LogP contribution in [0, 0.1) is 6.92 Å². The zero-order chi connectivity index (χ0) is 19.4. The number of anilines is 2. The second-order valence-corrected chi connectivity index (χ2v) is 7.29. The average molecular weight is 402 g/mol. The number of urea groups is 1. The third kappa shape index (κ3) is 4.45. The van der Waals surface area contributed by atoms with Gasteiger partial charge >= 0.3 is 6.03 Å². The Morgan fingerprint density at radius 3 is 2.59 bits per heavy atom. The molecule has 8 heteroatoms. The Morgan fingerprint density at radius 2 is 1.89 bits per heavy atom. The standard InChI is InChI=1S/C19H16ClN3O3S/c1-11-7-8-14(22-18(25)23-19-21-10-16(20)27-19)13(9-11)17(24)12-5-3-4-6-15(12)26-2/h3-10H,1-2H3,(H2,21,22,23,25). The van der Waals surface area contributed by atoms with Gasteiger partial charge in [0.1, 0.15) is 10.1 Å². The van der Waals surface area contributed by atoms with Crippen LogP contribution in [0.4, 0.5) is 15.6 Å². The van der Waals surface area contributed by atoms with Crippen LogP contribution in [0.1, 0.15) is 21.5 Å². The fourth-order valence-electron chi connectivity index (χ4n) is 2.50. The number of nitrogens with zero attached hydrogens (tertiary/aromatic N) is 1. The van der Waals surface area contributed by atoms with E-state index in [0.29, 0.717) is 32.0 Å². The maximum Gasteiger partial charge on any atom is 0.325 e. The molecule has 0 bridgehead atoms. The summed E-state index contributed by atoms with van der Waals surface area (Å²) in [5.74, 6) is 0.223. The molecular formula is C19H16ClN3O3S. The molecule has 27 heavy (non-hydrogen) atoms. The molecule has 0 unspecified atom stereocenters. The molecule has 1 heterocycles. The van der Waals surface area contributed by atoms with Crippen LogP contribution < -0.4 is 15.4 Å². The zero-order valence-corrected chi connectivity index (χ0v) is 16.1. The normalized spacial score (nSPS) is 10.3. The lowest BCUT2D eigenvalue weighted by Gasteiger charge is -2.13. The lowest BCUT2D eigenvalue weighted by Crippen LogP contribution is -2.21. The number of halogens is 1. The van der Waals surface area contributed by atoms with E-state index in [2.05, 4.69) is 15.6 Å². The summed E-state index contributed by atoms with van der Waals surface area (Å²) in [6.07, 6.45) is 1.45. The fourth-order valence-corrected chi connectivity index (χ4v) is 3.30. The number of nitrogens with one attached hydrogen (secondary N) is 2. The van der Waals surface area contributed by atoms with Gasteiger partial charge in [-0.15, -0.1) is 0 Å². The second kappa shape index (κ2) is 8.20. The SMILES string of the molecule is COc1ccccc1C(=O)c1cc(C)ccc1NC(=O)Nc1ncc(Cl)s1. The van der Waals surface area contributed by atoms with Gasteiger partial charge in [0.25, 0.3) is 0 Å². The zero-order valence-electron chi connectivity index (χ0n) is 14.6. The third-order valence-corrected chi connectivity index (χ3v) is 4.75. The van der Waals surface area contributed by atoms with Crippen molar-refractivity contribution in [3.63, 3.8) is 0 Å². The van der Waals surface area contributed by atoms with Gasteiger partial charge in [-0.2, -0.15) is 0 Å². The molecule has 138 valence electrons. The number of aryl methyl sites for hydroxylation is 1. The molecule has 0 spiro atoms. The molecule has 0 aliphatic rings. The number of aromatic nitrogens is 1. The summed E-state index contributed by atoms with van der Waals surface area (Å²) >= 11 is 6.95. The van der Waals surface area contributed by atoms with Gasteiger partial charge in [-0.05, 0) is 31.2 Å². The molecule has 2 aromatic carbocycles. The molecule has 2 N–H and O–H groups in total. The summed E-state index contributed by atoms with van der Waals surface area (Å²) in [5.41, 5.74) is 2.06. The Balaban J connectivity index is 1.88. The topological polar surface area (TPSA) is 80.3 Å². The summed E-state index contributed by atoms with van der Waals surface area (Å²) in [6.45, 7) is 1.88. The highest BCUT2D eigenvalue weighted by atomic mass is 35.5. The van der Waals surface area contributed by atoms with Crippen molar-refractivity contribution in [2.75, 3.05) is 17.7 Å². The van der Waals surface area contributed by atoms with Crippen molar-refractivity contribution in [3.8, 4) is 5.75 Å². The number of amides is 2. The van der Waals surface area contributed by atoms with Crippen molar-refractivity contribution < 1.29 is 14.3 Å². The maximum atomic E-state index is 13.1. The Bertz CT molecular complexity index is 1000. The van der Waals surface area contributed by atoms with E-state index < -0.39 is 6.03 Å². The Hall–Kier alpha value is -2.90. The molecule has 0 fully saturated rings. The van der Waals surface area contributed by atoms with E-state index in [1.165, 1.54) is 13.3 Å². The predicted octanol–water partition coefficient (Wildman–Crippen LogP) is 4.99. The van der Waals surface area contributed by atoms with Gasteiger partial charge in [0, 0.05) is 5.56 Å². The molecule has 0 aliphatic heterocycles. The van der Waals surface area contributed by atoms with Crippen molar-refractivity contribution in [3.05, 3.63) is 69.7 Å². The first-order valence-corrected chi connectivity index (χ1v) is 9.15. The van der Waals surface area contributed by atoms with Crippen molar-refractivity contribution in [1.29, 1.82) is 0 Å². The molecule has 0 saturated carbocycles. The number of benzene rings is 2. The largest absolute Gasteiger partial charge is 0.496 e. The Kier molecular flexibility index (Phi) is 5.73. The number of ether oxygens (including phenoxy) is 1. The highest BCUT2D eigenvalue weighted by Gasteiger charge is 2.19. The van der Waals surface area contributed by atoms with Gasteiger partial charge in [0.05, 0.1) is 24.6 Å². The van der Waals surface area contributed by atoms with Crippen LogP contribution in [0.3, 0.4) is 0 Å². The first kappa shape index (κ1) is 18.9. The number of para-hydroxylation sites is 1. The van der Waals surface area contributed by atoms with Crippen LogP contribution in [-0.4, -0.2) is 23.9 Å². The quantitative estimate of drug-likeness (QED) is 0.590. The van der Waals surface area contributed by atoms with E-state index in [4.69, 9.17) is 16.3 Å². The van der Waals surface area contributed by atoms with Gasteiger partial charge in [-0.3, -0.25) is 10.1 Å². The molecule has 1 aromatic heterocycles. The van der Waals surface area contributed by atoms with Gasteiger partial charge in [0.15, 0.2) is 10.9 Å². The number of thiazole rings is 1. The molecule has 6 nitrogen and oxygen atoms in total. The number of hydrogen-bond acceptors (Lipinski definition) is 5. The Labute approximate surface area is 165 Å². The molecule has 0 atom stereocenters. The van der Waals surface area contributed by atoms with E-state index in [9.17, 15) is 9.59 Å². The second-order valence-electron chi connectivity index (χ2n) is 5.63. The van der Waals surface area contributed by atoms with E-state index in [1.54, 1.807) is 36.4 Å². The van der Waals surface area contributed by atoms with Gasteiger partial charge < -0.3 is 10.1 Å². The molecule has 2 amide bonds. The minimum Gasteiger partial charge on any atom is -0.496 e. The molecule has 3 rings (SSSR count). The fraction of sp³-hybridized carbons (Fsp3) is 0.105. The van der Waals surface area contributed by atoms with Crippen molar-refractivity contribution in [1.82, 2.24) is 4.98 Å². The monoisotopic (exact) mass is 401 g/mol. The van der Waals surface area contributed by atoms with Crippen LogP contribution >= 0.6 is 22.9 Å². The summed E-state index contributed by atoms with van der Waals surface area (Å²) in [4.78, 5) is 29.3. The minimum atomic E-state index is -0.515. The van der Waals surface area contributed by atoms with Crippen LogP contribution in [0.25, 0.3) is 0 Å². The molecule has 0 aliphatic carbocycles. The molecular weight excluding hydrogens is 386 g/mol. The van der Waals surface area contributed by atoms with E-state index in [1.807, 2.05) is 13.0 Å². The van der Waals surface area contributed by atoms with Crippen molar-refractivity contribution in [2.24, 2.45) is 0 Å². The number of hydrogen-bond donors (Lipinski definition) is 2. The highest BCUT2D eigenvalue weighted by Crippen LogP contribution is 2.27. The van der Waals surface area contributed by atoms with Gasteiger partial charge in [-0.1, -0.05) is 46.7 Å². The van der Waals surface area contributed by atoms with Crippen LogP contribution in [0.5, 0.6) is 5.75 Å². The van der Waals surface area contributed by atoms with Gasteiger partial charge in [-0.25, -0.2) is 9.78 Å². The van der Waals surface area contributed by atoms with E-state index >= 15 is 0 Å². The summed E-state index contributed by atoms with van der Waals surface area (Å²) < 4.78 is 5.75. The lowest BCUT2D eigenvalue weighted by atomic mass is 9.99.